The molecule has 5 aliphatic rings. The van der Waals surface area contributed by atoms with Crippen molar-refractivity contribution in [3.63, 3.8) is 0 Å². The summed E-state index contributed by atoms with van der Waals surface area (Å²) in [6.45, 7) is 5.20. The lowest BCUT2D eigenvalue weighted by atomic mass is 9.56. The molecule has 2 saturated heterocycles. The SMILES string of the molecule is COc1cc(C(=O)N2C[C@H]3CC[C@@H]2[C@@H]3N)cc2nc(-c3cc4cccc(C5CC6(C5)CN(C(C)=O)C6)c4n3CC3CC3)n(C)c12. The summed E-state index contributed by atoms with van der Waals surface area (Å²) in [5, 5.41) is 1.25. The Balaban J connectivity index is 1.11. The van der Waals surface area contributed by atoms with Gasteiger partial charge in [0, 0.05) is 68.6 Å². The second kappa shape index (κ2) is 9.58. The van der Waals surface area contributed by atoms with E-state index < -0.39 is 0 Å². The molecule has 2 bridgehead atoms. The quantitative estimate of drug-likeness (QED) is 0.337. The van der Waals surface area contributed by atoms with Crippen LogP contribution >= 0.6 is 0 Å². The number of hydrogen-bond acceptors (Lipinski definition) is 5. The number of methoxy groups -OCH3 is 1. The van der Waals surface area contributed by atoms with Crippen LogP contribution in [0.1, 0.15) is 67.3 Å². The minimum Gasteiger partial charge on any atom is -0.494 e. The summed E-state index contributed by atoms with van der Waals surface area (Å²) in [6.07, 6.45) is 6.90. The van der Waals surface area contributed by atoms with E-state index in [0.717, 1.165) is 74.4 Å². The van der Waals surface area contributed by atoms with E-state index >= 15 is 0 Å². The number of carbonyl (C=O) groups is 2. The Bertz CT molecular complexity index is 1890. The maximum atomic E-state index is 13.8. The maximum absolute atomic E-state index is 13.8. The summed E-state index contributed by atoms with van der Waals surface area (Å²) in [5.74, 6) is 3.36. The highest BCUT2D eigenvalue weighted by molar-refractivity contribution is 6.00. The van der Waals surface area contributed by atoms with Gasteiger partial charge in [-0.3, -0.25) is 9.59 Å². The van der Waals surface area contributed by atoms with E-state index in [9.17, 15) is 9.59 Å². The summed E-state index contributed by atoms with van der Waals surface area (Å²) in [6, 6.07) is 13.1. The predicted molar refractivity (Wildman–Crippen MR) is 173 cm³/mol. The average Bonchev–Trinajstić information content (AvgIpc) is 3.37. The van der Waals surface area contributed by atoms with Crippen molar-refractivity contribution in [1.82, 2.24) is 23.9 Å². The number of aryl methyl sites for hydroxylation is 1. The maximum Gasteiger partial charge on any atom is 0.254 e. The van der Waals surface area contributed by atoms with Gasteiger partial charge in [0.1, 0.15) is 11.3 Å². The molecular formula is C36H42N6O3. The zero-order valence-corrected chi connectivity index (χ0v) is 26.5. The number of hydrogen-bond donors (Lipinski definition) is 1. The number of para-hydroxylation sites is 1. The summed E-state index contributed by atoms with van der Waals surface area (Å²) >= 11 is 0. The largest absolute Gasteiger partial charge is 0.494 e. The van der Waals surface area contributed by atoms with Crippen LogP contribution in [0.2, 0.25) is 0 Å². The highest BCUT2D eigenvalue weighted by Gasteiger charge is 2.53. The Kier molecular flexibility index (Phi) is 5.85. The van der Waals surface area contributed by atoms with Crippen LogP contribution in [0.15, 0.2) is 36.4 Å². The minimum absolute atomic E-state index is 0.0219. The molecule has 2 aromatic carbocycles. The molecule has 2 amide bonds. The molecule has 9 rings (SSSR count). The van der Waals surface area contributed by atoms with Crippen molar-refractivity contribution in [2.24, 2.45) is 30.0 Å². The molecule has 4 aromatic rings. The molecule has 1 spiro atoms. The van der Waals surface area contributed by atoms with Crippen LogP contribution in [-0.4, -0.2) is 74.6 Å². The Morgan fingerprint density at radius 1 is 1.07 bits per heavy atom. The van der Waals surface area contributed by atoms with Gasteiger partial charge in [-0.25, -0.2) is 4.98 Å². The first-order valence-corrected chi connectivity index (χ1v) is 16.7. The summed E-state index contributed by atoms with van der Waals surface area (Å²) in [7, 11) is 3.73. The lowest BCUT2D eigenvalue weighted by Gasteiger charge is -2.59. The normalized spacial score (nSPS) is 25.4. The van der Waals surface area contributed by atoms with Gasteiger partial charge in [0.2, 0.25) is 5.91 Å². The van der Waals surface area contributed by atoms with Gasteiger partial charge in [-0.05, 0) is 80.0 Å². The lowest BCUT2D eigenvalue weighted by Crippen LogP contribution is -2.62. The highest BCUT2D eigenvalue weighted by atomic mass is 16.5. The van der Waals surface area contributed by atoms with E-state index in [-0.39, 0.29) is 23.9 Å². The van der Waals surface area contributed by atoms with Crippen molar-refractivity contribution in [3.8, 4) is 17.3 Å². The third-order valence-corrected chi connectivity index (χ3v) is 11.9. The van der Waals surface area contributed by atoms with Gasteiger partial charge >= 0.3 is 0 Å². The van der Waals surface area contributed by atoms with Crippen molar-refractivity contribution < 1.29 is 14.3 Å². The number of nitrogens with zero attached hydrogens (tertiary/aromatic N) is 5. The monoisotopic (exact) mass is 606 g/mol. The highest BCUT2D eigenvalue weighted by Crippen LogP contribution is 2.57. The van der Waals surface area contributed by atoms with E-state index in [1.807, 2.05) is 21.9 Å². The van der Waals surface area contributed by atoms with E-state index in [0.29, 0.717) is 34.5 Å². The molecule has 5 fully saturated rings. The molecule has 234 valence electrons. The lowest BCUT2D eigenvalue weighted by molar-refractivity contribution is -0.148. The number of fused-ring (bicyclic) bond motifs is 4. The molecule has 2 aromatic heterocycles. The van der Waals surface area contributed by atoms with Gasteiger partial charge in [0.15, 0.2) is 5.82 Å². The number of rotatable bonds is 6. The standard InChI is InChI=1S/C36H42N6O3/c1-20(43)40-18-36(19-40)14-25(15-36)26-6-4-5-22-12-29(41(32(22)26)16-21-7-8-21)34-38-27-11-24(13-30(45-3)33(27)39(34)2)35(44)42-17-23-9-10-28(42)31(23)37/h4-6,11-13,21,23,25,28,31H,7-10,14-19,37H2,1-3H3/t23-,28-,31-/m1/s1. The number of carbonyl (C=O) groups excluding carboxylic acids is 2. The van der Waals surface area contributed by atoms with Crippen LogP contribution in [0.3, 0.4) is 0 Å². The van der Waals surface area contributed by atoms with Crippen molar-refractivity contribution in [3.05, 3.63) is 47.5 Å². The Morgan fingerprint density at radius 2 is 1.87 bits per heavy atom. The average molecular weight is 607 g/mol. The van der Waals surface area contributed by atoms with E-state index in [2.05, 4.69) is 40.4 Å². The smallest absolute Gasteiger partial charge is 0.254 e. The molecule has 2 N–H and O–H groups in total. The Labute approximate surface area is 263 Å². The predicted octanol–water partition coefficient (Wildman–Crippen LogP) is 4.90. The third kappa shape index (κ3) is 4.05. The molecule has 0 radical (unpaired) electrons. The first-order chi connectivity index (χ1) is 21.7. The van der Waals surface area contributed by atoms with Gasteiger partial charge in [-0.2, -0.15) is 0 Å². The molecule has 2 aliphatic heterocycles. The molecule has 3 atom stereocenters. The number of ether oxygens (including phenoxy) is 1. The number of nitrogens with two attached hydrogens (primary N) is 1. The van der Waals surface area contributed by atoms with Gasteiger partial charge in [0.05, 0.1) is 23.8 Å². The molecule has 0 unspecified atom stereocenters. The molecule has 9 heteroatoms. The molecule has 9 nitrogen and oxygen atoms in total. The fourth-order valence-electron chi connectivity index (χ4n) is 9.33. The molecule has 3 aliphatic carbocycles. The van der Waals surface area contributed by atoms with E-state index in [4.69, 9.17) is 15.5 Å². The molecular weight excluding hydrogens is 564 g/mol. The van der Waals surface area contributed by atoms with Crippen LogP contribution in [0.4, 0.5) is 0 Å². The number of aromatic nitrogens is 3. The third-order valence-electron chi connectivity index (χ3n) is 11.9. The topological polar surface area (TPSA) is 98.6 Å². The molecule has 45 heavy (non-hydrogen) atoms. The Hall–Kier alpha value is -3.85. The summed E-state index contributed by atoms with van der Waals surface area (Å²) < 4.78 is 10.6. The van der Waals surface area contributed by atoms with Gasteiger partial charge in [0.25, 0.3) is 5.91 Å². The van der Waals surface area contributed by atoms with Crippen LogP contribution in [0, 0.1) is 17.3 Å². The van der Waals surface area contributed by atoms with Crippen LogP contribution < -0.4 is 10.5 Å². The molecule has 4 heterocycles. The zero-order chi connectivity index (χ0) is 30.8. The van der Waals surface area contributed by atoms with Gasteiger partial charge in [-0.15, -0.1) is 0 Å². The second-order valence-electron chi connectivity index (χ2n) is 14.8. The van der Waals surface area contributed by atoms with Crippen LogP contribution in [0.25, 0.3) is 33.5 Å². The first-order valence-electron chi connectivity index (χ1n) is 16.7. The fourth-order valence-corrected chi connectivity index (χ4v) is 9.33. The van der Waals surface area contributed by atoms with Crippen molar-refractivity contribution in [1.29, 1.82) is 0 Å². The van der Waals surface area contributed by atoms with Gasteiger partial charge < -0.3 is 29.4 Å². The zero-order valence-electron chi connectivity index (χ0n) is 26.5. The van der Waals surface area contributed by atoms with Crippen LogP contribution in [0.5, 0.6) is 5.75 Å². The summed E-state index contributed by atoms with van der Waals surface area (Å²) in [4.78, 5) is 34.8. The first kappa shape index (κ1) is 27.5. The number of likely N-dealkylation sites (tertiary alicyclic amines) is 2. The van der Waals surface area contributed by atoms with Crippen LogP contribution in [-0.2, 0) is 18.4 Å². The molecule has 3 saturated carbocycles. The number of imidazole rings is 1. The van der Waals surface area contributed by atoms with Crippen molar-refractivity contribution in [2.45, 2.75) is 70.0 Å². The fraction of sp³-hybridized carbons (Fsp3) is 0.528. The number of piperidine rings is 1. The number of amides is 2. The van der Waals surface area contributed by atoms with Crippen molar-refractivity contribution in [2.75, 3.05) is 26.7 Å². The second-order valence-corrected chi connectivity index (χ2v) is 14.8. The van der Waals surface area contributed by atoms with E-state index in [1.165, 1.54) is 29.3 Å². The van der Waals surface area contributed by atoms with Gasteiger partial charge in [-0.1, -0.05) is 18.2 Å². The summed E-state index contributed by atoms with van der Waals surface area (Å²) in [5.41, 5.74) is 12.9. The Morgan fingerprint density at radius 3 is 2.53 bits per heavy atom. The number of benzene rings is 2. The van der Waals surface area contributed by atoms with E-state index in [1.54, 1.807) is 14.0 Å². The van der Waals surface area contributed by atoms with Crippen molar-refractivity contribution >= 4 is 33.8 Å². The minimum atomic E-state index is 0.0219.